The Labute approximate surface area is 122 Å². The van der Waals surface area contributed by atoms with Crippen LogP contribution in [0.5, 0.6) is 0 Å². The number of anilines is 1. The molecule has 0 spiro atoms. The van der Waals surface area contributed by atoms with Crippen LogP contribution in [0, 0.1) is 5.92 Å². The normalized spacial score (nSPS) is 18.7. The molecule has 1 aliphatic heterocycles. The van der Waals surface area contributed by atoms with Gasteiger partial charge in [0, 0.05) is 20.1 Å². The third-order valence-electron chi connectivity index (χ3n) is 3.57. The number of rotatable bonds is 3. The van der Waals surface area contributed by atoms with Crippen LogP contribution in [-0.4, -0.2) is 37.1 Å². The predicted octanol–water partition coefficient (Wildman–Crippen LogP) is 2.00. The summed E-state index contributed by atoms with van der Waals surface area (Å²) in [6.45, 7) is 1.42. The molecular weight excluding hydrogens is 280 g/mol. The van der Waals surface area contributed by atoms with Gasteiger partial charge in [-0.15, -0.1) is 0 Å². The van der Waals surface area contributed by atoms with Gasteiger partial charge in [0.05, 0.1) is 22.2 Å². The van der Waals surface area contributed by atoms with Crippen molar-refractivity contribution in [1.82, 2.24) is 5.32 Å². The van der Waals surface area contributed by atoms with E-state index in [4.69, 9.17) is 16.7 Å². The van der Waals surface area contributed by atoms with Crippen LogP contribution in [-0.2, 0) is 4.79 Å². The predicted molar refractivity (Wildman–Crippen MR) is 77.4 cm³/mol. The number of hydrogen-bond acceptors (Lipinski definition) is 3. The zero-order chi connectivity index (χ0) is 14.7. The van der Waals surface area contributed by atoms with Crippen LogP contribution in [0.15, 0.2) is 18.2 Å². The van der Waals surface area contributed by atoms with Crippen molar-refractivity contribution >= 4 is 29.2 Å². The van der Waals surface area contributed by atoms with Gasteiger partial charge in [-0.05, 0) is 31.0 Å². The van der Waals surface area contributed by atoms with E-state index in [-0.39, 0.29) is 17.4 Å². The Balaban J connectivity index is 2.19. The second-order valence-electron chi connectivity index (χ2n) is 4.87. The minimum atomic E-state index is -1.000. The molecule has 1 aromatic rings. The van der Waals surface area contributed by atoms with E-state index in [2.05, 4.69) is 5.32 Å². The van der Waals surface area contributed by atoms with Crippen LogP contribution < -0.4 is 10.2 Å². The number of halogens is 1. The Morgan fingerprint density at radius 3 is 2.80 bits per heavy atom. The summed E-state index contributed by atoms with van der Waals surface area (Å²) in [7, 11) is 1.63. The van der Waals surface area contributed by atoms with Crippen LogP contribution >= 0.6 is 11.6 Å². The molecule has 1 aromatic carbocycles. The van der Waals surface area contributed by atoms with E-state index < -0.39 is 5.97 Å². The molecule has 1 heterocycles. The van der Waals surface area contributed by atoms with Crippen LogP contribution in [0.3, 0.4) is 0 Å². The molecule has 108 valence electrons. The van der Waals surface area contributed by atoms with Gasteiger partial charge in [0.2, 0.25) is 5.91 Å². The van der Waals surface area contributed by atoms with E-state index in [9.17, 15) is 9.59 Å². The molecule has 0 bridgehead atoms. The largest absolute Gasteiger partial charge is 0.478 e. The Kier molecular flexibility index (Phi) is 4.49. The van der Waals surface area contributed by atoms with Gasteiger partial charge in [0.1, 0.15) is 0 Å². The summed E-state index contributed by atoms with van der Waals surface area (Å²) < 4.78 is 0. The van der Waals surface area contributed by atoms with Crippen molar-refractivity contribution in [2.45, 2.75) is 12.8 Å². The average Bonchev–Trinajstić information content (AvgIpc) is 2.46. The highest BCUT2D eigenvalue weighted by Crippen LogP contribution is 2.30. The van der Waals surface area contributed by atoms with Gasteiger partial charge in [0.25, 0.3) is 0 Å². The smallest absolute Gasteiger partial charge is 0.335 e. The molecule has 0 saturated carbocycles. The minimum Gasteiger partial charge on any atom is -0.478 e. The third kappa shape index (κ3) is 3.04. The fourth-order valence-electron chi connectivity index (χ4n) is 2.51. The molecule has 20 heavy (non-hydrogen) atoms. The van der Waals surface area contributed by atoms with Crippen LogP contribution in [0.25, 0.3) is 0 Å². The number of carbonyl (C=O) groups is 2. The van der Waals surface area contributed by atoms with Gasteiger partial charge in [-0.3, -0.25) is 4.79 Å². The average molecular weight is 297 g/mol. The summed E-state index contributed by atoms with van der Waals surface area (Å²) in [5.74, 6) is -1.02. The lowest BCUT2D eigenvalue weighted by atomic mass is 9.96. The molecule has 1 amide bonds. The number of aromatic carboxylic acids is 1. The van der Waals surface area contributed by atoms with Crippen molar-refractivity contribution in [3.05, 3.63) is 28.8 Å². The molecule has 1 atom stereocenters. The molecule has 0 aromatic heterocycles. The fraction of sp³-hybridized carbons (Fsp3) is 0.429. The van der Waals surface area contributed by atoms with E-state index in [1.54, 1.807) is 13.1 Å². The van der Waals surface area contributed by atoms with Crippen molar-refractivity contribution in [1.29, 1.82) is 0 Å². The van der Waals surface area contributed by atoms with Crippen LogP contribution in [0.2, 0.25) is 5.02 Å². The zero-order valence-corrected chi connectivity index (χ0v) is 12.0. The monoisotopic (exact) mass is 296 g/mol. The molecule has 5 nitrogen and oxygen atoms in total. The number of carboxylic acid groups (broad SMARTS) is 1. The molecule has 6 heteroatoms. The highest BCUT2D eigenvalue weighted by Gasteiger charge is 2.26. The number of nitrogens with zero attached hydrogens (tertiary/aromatic N) is 1. The first-order chi connectivity index (χ1) is 9.52. The summed E-state index contributed by atoms with van der Waals surface area (Å²) in [5.41, 5.74) is 0.948. The van der Waals surface area contributed by atoms with Crippen molar-refractivity contribution in [3.8, 4) is 0 Å². The highest BCUT2D eigenvalue weighted by molar-refractivity contribution is 6.33. The summed E-state index contributed by atoms with van der Waals surface area (Å²) in [5, 5.41) is 12.0. The Hall–Kier alpha value is -1.75. The van der Waals surface area contributed by atoms with E-state index in [1.165, 1.54) is 12.1 Å². The molecule has 1 aliphatic rings. The number of piperidine rings is 1. The van der Waals surface area contributed by atoms with Crippen LogP contribution in [0.4, 0.5) is 5.69 Å². The van der Waals surface area contributed by atoms with Crippen molar-refractivity contribution in [2.75, 3.05) is 25.0 Å². The van der Waals surface area contributed by atoms with Crippen LogP contribution in [0.1, 0.15) is 23.2 Å². The van der Waals surface area contributed by atoms with Gasteiger partial charge in [-0.25, -0.2) is 4.79 Å². The van der Waals surface area contributed by atoms with E-state index in [0.29, 0.717) is 11.6 Å². The number of hydrogen-bond donors (Lipinski definition) is 2. The number of amides is 1. The fourth-order valence-corrected chi connectivity index (χ4v) is 2.81. The summed E-state index contributed by atoms with van der Waals surface area (Å²) in [6, 6.07) is 4.69. The topological polar surface area (TPSA) is 69.6 Å². The van der Waals surface area contributed by atoms with E-state index >= 15 is 0 Å². The number of carboxylic acids is 1. The lowest BCUT2D eigenvalue weighted by Gasteiger charge is -2.34. The second-order valence-corrected chi connectivity index (χ2v) is 5.28. The molecule has 2 N–H and O–H groups in total. The molecule has 1 unspecified atom stereocenters. The maximum atomic E-state index is 11.7. The lowest BCUT2D eigenvalue weighted by Crippen LogP contribution is -2.42. The number of nitrogens with one attached hydrogen (secondary N) is 1. The van der Waals surface area contributed by atoms with Crippen molar-refractivity contribution in [2.24, 2.45) is 5.92 Å². The molecule has 0 radical (unpaired) electrons. The lowest BCUT2D eigenvalue weighted by molar-refractivity contribution is -0.124. The van der Waals surface area contributed by atoms with Gasteiger partial charge in [-0.2, -0.15) is 0 Å². The first-order valence-electron chi connectivity index (χ1n) is 6.52. The van der Waals surface area contributed by atoms with Gasteiger partial charge < -0.3 is 15.3 Å². The summed E-state index contributed by atoms with van der Waals surface area (Å²) >= 11 is 6.16. The first kappa shape index (κ1) is 14.7. The first-order valence-corrected chi connectivity index (χ1v) is 6.90. The molecule has 1 fully saturated rings. The summed E-state index contributed by atoms with van der Waals surface area (Å²) in [4.78, 5) is 24.7. The quantitative estimate of drug-likeness (QED) is 0.895. The van der Waals surface area contributed by atoms with Gasteiger partial charge in [0.15, 0.2) is 0 Å². The Morgan fingerprint density at radius 1 is 1.45 bits per heavy atom. The molecule has 2 rings (SSSR count). The second kappa shape index (κ2) is 6.13. The molecule has 0 aliphatic carbocycles. The number of benzene rings is 1. The molecule has 1 saturated heterocycles. The maximum absolute atomic E-state index is 11.7. The van der Waals surface area contributed by atoms with E-state index in [1.807, 2.05) is 4.90 Å². The van der Waals surface area contributed by atoms with Gasteiger partial charge in [-0.1, -0.05) is 11.6 Å². The number of carbonyl (C=O) groups excluding carboxylic acids is 1. The Morgan fingerprint density at radius 2 is 2.20 bits per heavy atom. The maximum Gasteiger partial charge on any atom is 0.335 e. The Bertz CT molecular complexity index is 533. The molecular formula is C14H17ClN2O3. The third-order valence-corrected chi connectivity index (χ3v) is 3.88. The SMILES string of the molecule is CNC(=O)C1CCCN(c2ccc(C(=O)O)cc2Cl)C1. The highest BCUT2D eigenvalue weighted by atomic mass is 35.5. The van der Waals surface area contributed by atoms with Gasteiger partial charge >= 0.3 is 5.97 Å². The summed E-state index contributed by atoms with van der Waals surface area (Å²) in [6.07, 6.45) is 1.77. The van der Waals surface area contributed by atoms with E-state index in [0.717, 1.165) is 25.1 Å². The standard InChI is InChI=1S/C14H17ClN2O3/c1-16-13(18)10-3-2-6-17(8-10)12-5-4-9(14(19)20)7-11(12)15/h4-5,7,10H,2-3,6,8H2,1H3,(H,16,18)(H,19,20). The van der Waals surface area contributed by atoms with Crippen molar-refractivity contribution in [3.63, 3.8) is 0 Å². The zero-order valence-electron chi connectivity index (χ0n) is 11.2. The van der Waals surface area contributed by atoms with Crippen molar-refractivity contribution < 1.29 is 14.7 Å². The minimum absolute atomic E-state index is 0.0352.